The fraction of sp³-hybridized carbons (Fsp3) is 0.125. The van der Waals surface area contributed by atoms with Gasteiger partial charge in [0.05, 0.1) is 7.11 Å². The first kappa shape index (κ1) is 20.3. The van der Waals surface area contributed by atoms with Crippen LogP contribution in [-0.4, -0.2) is 30.7 Å². The second-order valence-electron chi connectivity index (χ2n) is 7.27. The average Bonchev–Trinajstić information content (AvgIpc) is 3.17. The van der Waals surface area contributed by atoms with E-state index in [2.05, 4.69) is 26.1 Å². The largest absolute Gasteiger partial charge is 0.497 e. The van der Waals surface area contributed by atoms with Gasteiger partial charge >= 0.3 is 0 Å². The summed E-state index contributed by atoms with van der Waals surface area (Å²) in [6.07, 6.45) is 5.48. The summed E-state index contributed by atoms with van der Waals surface area (Å²) in [5.41, 5.74) is 3.36. The molecule has 2 aliphatic rings. The number of aryl methyl sites for hydroxylation is 1. The van der Waals surface area contributed by atoms with Crippen LogP contribution in [0.1, 0.15) is 22.6 Å². The SMILES string of the molecule is COc1ccc(/C=C/c2onc(C)c2N2CN=C3Oc4ccc(Br)cc4C=C3C2=O)cc1. The number of benzene rings is 2. The number of hydrogen-bond acceptors (Lipinski definition) is 6. The fourth-order valence-electron chi connectivity index (χ4n) is 3.60. The molecule has 2 aromatic carbocycles. The zero-order valence-corrected chi connectivity index (χ0v) is 18.9. The number of fused-ring (bicyclic) bond motifs is 2. The number of carbonyl (C=O) groups excluding carboxylic acids is 1. The van der Waals surface area contributed by atoms with Gasteiger partial charge in [-0.2, -0.15) is 0 Å². The third-order valence-corrected chi connectivity index (χ3v) is 5.70. The van der Waals surface area contributed by atoms with E-state index < -0.39 is 0 Å². The molecule has 1 aromatic heterocycles. The predicted molar refractivity (Wildman–Crippen MR) is 126 cm³/mol. The topological polar surface area (TPSA) is 77.2 Å². The van der Waals surface area contributed by atoms with E-state index in [4.69, 9.17) is 14.0 Å². The lowest BCUT2D eigenvalue weighted by atomic mass is 10.0. The Hall–Kier alpha value is -3.65. The van der Waals surface area contributed by atoms with Crippen molar-refractivity contribution in [3.63, 3.8) is 0 Å². The number of hydrogen-bond donors (Lipinski definition) is 0. The molecule has 32 heavy (non-hydrogen) atoms. The third kappa shape index (κ3) is 3.62. The maximum atomic E-state index is 13.4. The highest BCUT2D eigenvalue weighted by atomic mass is 79.9. The molecule has 0 unspecified atom stereocenters. The number of nitrogens with zero attached hydrogens (tertiary/aromatic N) is 3. The standard InChI is InChI=1S/C24H18BrN3O4/c1-14-22(21(32-27-14)9-5-15-3-7-18(30-2)8-4-15)28-13-26-23-19(24(28)29)12-16-11-17(25)6-10-20(16)31-23/h3-12H,13H2,1-2H3/b9-5+. The summed E-state index contributed by atoms with van der Waals surface area (Å²) in [5, 5.41) is 4.07. The highest BCUT2D eigenvalue weighted by molar-refractivity contribution is 9.10. The van der Waals surface area contributed by atoms with E-state index in [1.165, 1.54) is 0 Å². The van der Waals surface area contributed by atoms with Gasteiger partial charge in [-0.25, -0.2) is 4.99 Å². The van der Waals surface area contributed by atoms with E-state index in [1.807, 2.05) is 48.5 Å². The van der Waals surface area contributed by atoms with Gasteiger partial charge in [0.1, 0.15) is 35.1 Å². The van der Waals surface area contributed by atoms with Crippen molar-refractivity contribution in [1.29, 1.82) is 0 Å². The van der Waals surface area contributed by atoms with Crippen molar-refractivity contribution < 1.29 is 18.8 Å². The van der Waals surface area contributed by atoms with Crippen LogP contribution in [0.4, 0.5) is 5.69 Å². The maximum Gasteiger partial charge on any atom is 0.265 e. The number of halogens is 1. The average molecular weight is 492 g/mol. The Morgan fingerprint density at radius 2 is 1.97 bits per heavy atom. The van der Waals surface area contributed by atoms with E-state index >= 15 is 0 Å². The lowest BCUT2D eigenvalue weighted by Crippen LogP contribution is -2.41. The minimum absolute atomic E-state index is 0.114. The minimum atomic E-state index is -0.217. The number of carbonyl (C=O) groups is 1. The number of aromatic nitrogens is 1. The monoisotopic (exact) mass is 491 g/mol. The van der Waals surface area contributed by atoms with Crippen molar-refractivity contribution in [2.24, 2.45) is 4.99 Å². The fourth-order valence-corrected chi connectivity index (χ4v) is 3.97. The molecular formula is C24H18BrN3O4. The van der Waals surface area contributed by atoms with Crippen molar-refractivity contribution in [1.82, 2.24) is 5.16 Å². The molecule has 0 atom stereocenters. The zero-order chi connectivity index (χ0) is 22.2. The Bertz CT molecular complexity index is 1310. The van der Waals surface area contributed by atoms with Crippen LogP contribution in [0.3, 0.4) is 0 Å². The van der Waals surface area contributed by atoms with E-state index in [0.29, 0.717) is 34.4 Å². The van der Waals surface area contributed by atoms with Gasteiger partial charge in [-0.3, -0.25) is 9.69 Å². The number of rotatable bonds is 4. The summed E-state index contributed by atoms with van der Waals surface area (Å²) in [7, 11) is 1.63. The van der Waals surface area contributed by atoms with Crippen LogP contribution in [-0.2, 0) is 4.79 Å². The molecule has 3 aromatic rings. The number of aliphatic imine (C=N–C) groups is 1. The van der Waals surface area contributed by atoms with Crippen molar-refractivity contribution >= 4 is 51.7 Å². The van der Waals surface area contributed by atoms with Crippen LogP contribution >= 0.6 is 15.9 Å². The molecule has 0 bridgehead atoms. The summed E-state index contributed by atoms with van der Waals surface area (Å²) >= 11 is 3.45. The summed E-state index contributed by atoms with van der Waals surface area (Å²) in [4.78, 5) is 19.4. The van der Waals surface area contributed by atoms with Gasteiger partial charge < -0.3 is 14.0 Å². The van der Waals surface area contributed by atoms with Gasteiger partial charge in [-0.1, -0.05) is 39.3 Å². The summed E-state index contributed by atoms with van der Waals surface area (Å²) in [5.74, 6) is 2.03. The third-order valence-electron chi connectivity index (χ3n) is 5.21. The van der Waals surface area contributed by atoms with Crippen molar-refractivity contribution in [2.45, 2.75) is 6.92 Å². The molecule has 0 saturated heterocycles. The number of anilines is 1. The molecule has 3 heterocycles. The van der Waals surface area contributed by atoms with Gasteiger partial charge in [0.25, 0.3) is 5.91 Å². The first-order valence-electron chi connectivity index (χ1n) is 9.87. The Balaban J connectivity index is 1.47. The Kier molecular flexibility index (Phi) is 5.14. The number of amides is 1. The Labute approximate surface area is 192 Å². The van der Waals surface area contributed by atoms with Crippen molar-refractivity contribution in [3.05, 3.63) is 75.1 Å². The molecule has 0 radical (unpaired) electrons. The summed E-state index contributed by atoms with van der Waals surface area (Å²) < 4.78 is 17.5. The lowest BCUT2D eigenvalue weighted by molar-refractivity contribution is -0.114. The van der Waals surface area contributed by atoms with Gasteiger partial charge in [0.2, 0.25) is 5.90 Å². The smallest absolute Gasteiger partial charge is 0.265 e. The van der Waals surface area contributed by atoms with Crippen LogP contribution in [0.15, 0.2) is 62.0 Å². The van der Waals surface area contributed by atoms with Gasteiger partial charge in [0.15, 0.2) is 5.76 Å². The van der Waals surface area contributed by atoms with Crippen LogP contribution in [0.5, 0.6) is 11.5 Å². The Morgan fingerprint density at radius 1 is 1.16 bits per heavy atom. The molecular weight excluding hydrogens is 474 g/mol. The van der Waals surface area contributed by atoms with Gasteiger partial charge in [0, 0.05) is 10.0 Å². The second kappa shape index (κ2) is 8.12. The lowest BCUT2D eigenvalue weighted by Gasteiger charge is -2.29. The van der Waals surface area contributed by atoms with Crippen LogP contribution in [0.25, 0.3) is 18.2 Å². The minimum Gasteiger partial charge on any atom is -0.497 e. The molecule has 1 amide bonds. The molecule has 0 spiro atoms. The highest BCUT2D eigenvalue weighted by Gasteiger charge is 2.35. The molecule has 2 aliphatic heterocycles. The maximum absolute atomic E-state index is 13.4. The van der Waals surface area contributed by atoms with Crippen molar-refractivity contribution in [2.75, 3.05) is 18.7 Å². The molecule has 0 aliphatic carbocycles. The summed E-state index contributed by atoms with van der Waals surface area (Å²) in [6.45, 7) is 1.91. The Morgan fingerprint density at radius 3 is 2.75 bits per heavy atom. The molecule has 5 rings (SSSR count). The second-order valence-corrected chi connectivity index (χ2v) is 8.18. The summed E-state index contributed by atoms with van der Waals surface area (Å²) in [6, 6.07) is 13.3. The van der Waals surface area contributed by atoms with E-state index in [-0.39, 0.29) is 12.6 Å². The molecule has 7 nitrogen and oxygen atoms in total. The quantitative estimate of drug-likeness (QED) is 0.507. The van der Waals surface area contributed by atoms with E-state index in [0.717, 1.165) is 21.3 Å². The van der Waals surface area contributed by atoms with E-state index in [9.17, 15) is 4.79 Å². The first-order chi connectivity index (χ1) is 15.5. The first-order valence-corrected chi connectivity index (χ1v) is 10.7. The normalized spacial score (nSPS) is 15.1. The number of ether oxygens (including phenoxy) is 2. The molecule has 160 valence electrons. The van der Waals surface area contributed by atoms with Gasteiger partial charge in [-0.15, -0.1) is 0 Å². The molecule has 8 heteroatoms. The van der Waals surface area contributed by atoms with Crippen molar-refractivity contribution in [3.8, 4) is 11.5 Å². The van der Waals surface area contributed by atoms with E-state index in [1.54, 1.807) is 31.1 Å². The highest BCUT2D eigenvalue weighted by Crippen LogP contribution is 2.35. The molecule has 0 saturated carbocycles. The zero-order valence-electron chi connectivity index (χ0n) is 17.3. The molecule has 0 N–H and O–H groups in total. The predicted octanol–water partition coefficient (Wildman–Crippen LogP) is 5.10. The van der Waals surface area contributed by atoms with Crippen LogP contribution in [0, 0.1) is 6.92 Å². The van der Waals surface area contributed by atoms with Crippen LogP contribution < -0.4 is 14.4 Å². The van der Waals surface area contributed by atoms with Crippen LogP contribution in [0.2, 0.25) is 0 Å². The number of methoxy groups -OCH3 is 1. The molecule has 0 fully saturated rings. The van der Waals surface area contributed by atoms with Gasteiger partial charge in [-0.05, 0) is 55.0 Å².